The molecule has 4 aromatic rings. The number of nitrogens with one attached hydrogen (secondary N) is 1. The maximum atomic E-state index is 13.0. The Labute approximate surface area is 179 Å². The molecule has 0 saturated heterocycles. The second-order valence-electron chi connectivity index (χ2n) is 6.79. The van der Waals surface area contributed by atoms with E-state index in [-0.39, 0.29) is 5.91 Å². The molecular formula is C24H20ClN3O2. The van der Waals surface area contributed by atoms with Crippen molar-refractivity contribution in [3.05, 3.63) is 113 Å². The second-order valence-corrected chi connectivity index (χ2v) is 7.23. The molecule has 4 rings (SSSR count). The van der Waals surface area contributed by atoms with E-state index >= 15 is 0 Å². The van der Waals surface area contributed by atoms with Gasteiger partial charge in [0.25, 0.3) is 5.91 Å². The number of para-hydroxylation sites is 1. The third-order valence-electron chi connectivity index (χ3n) is 4.69. The first kappa shape index (κ1) is 19.7. The Morgan fingerprint density at radius 2 is 1.63 bits per heavy atom. The fourth-order valence-electron chi connectivity index (χ4n) is 3.12. The van der Waals surface area contributed by atoms with E-state index in [1.54, 1.807) is 42.6 Å². The normalized spacial score (nSPS) is 11.7. The first-order valence-electron chi connectivity index (χ1n) is 9.46. The highest BCUT2D eigenvalue weighted by atomic mass is 35.5. The molecule has 5 nitrogen and oxygen atoms in total. The highest BCUT2D eigenvalue weighted by Crippen LogP contribution is 2.24. The lowest BCUT2D eigenvalue weighted by Crippen LogP contribution is -2.31. The number of halogens is 1. The van der Waals surface area contributed by atoms with Crippen LogP contribution in [0.4, 0.5) is 0 Å². The Bertz CT molecular complexity index is 1120. The Morgan fingerprint density at radius 1 is 0.967 bits per heavy atom. The van der Waals surface area contributed by atoms with E-state index in [2.05, 4.69) is 10.3 Å². The molecular weight excluding hydrogens is 398 g/mol. The zero-order valence-electron chi connectivity index (χ0n) is 16.3. The summed E-state index contributed by atoms with van der Waals surface area (Å²) in [5.41, 5.74) is 1.43. The number of nitrogens with zero attached hydrogens (tertiary/aromatic N) is 2. The number of carbonyl (C=O) groups is 1. The van der Waals surface area contributed by atoms with E-state index in [9.17, 15) is 4.79 Å². The molecule has 1 unspecified atom stereocenters. The molecule has 0 saturated carbocycles. The van der Waals surface area contributed by atoms with Gasteiger partial charge in [0.2, 0.25) is 0 Å². The molecule has 0 aliphatic carbocycles. The van der Waals surface area contributed by atoms with Gasteiger partial charge in [-0.15, -0.1) is 0 Å². The van der Waals surface area contributed by atoms with Crippen molar-refractivity contribution in [2.24, 2.45) is 7.05 Å². The number of ether oxygens (including phenoxy) is 1. The minimum atomic E-state index is -0.407. The number of rotatable bonds is 6. The van der Waals surface area contributed by atoms with Gasteiger partial charge in [-0.1, -0.05) is 41.9 Å². The minimum Gasteiger partial charge on any atom is -0.457 e. The van der Waals surface area contributed by atoms with Crippen molar-refractivity contribution < 1.29 is 9.53 Å². The summed E-state index contributed by atoms with van der Waals surface area (Å²) in [5, 5.41) is 3.71. The zero-order chi connectivity index (χ0) is 20.9. The van der Waals surface area contributed by atoms with Gasteiger partial charge in [0.05, 0.1) is 0 Å². The van der Waals surface area contributed by atoms with Gasteiger partial charge in [-0.2, -0.15) is 0 Å². The average Bonchev–Trinajstić information content (AvgIpc) is 3.19. The van der Waals surface area contributed by atoms with Crippen LogP contribution in [0.5, 0.6) is 11.5 Å². The lowest BCUT2D eigenvalue weighted by molar-refractivity contribution is 0.0941. The Hall–Kier alpha value is -3.57. The monoisotopic (exact) mass is 417 g/mol. The van der Waals surface area contributed by atoms with Crippen LogP contribution in [-0.4, -0.2) is 15.5 Å². The van der Waals surface area contributed by atoms with E-state index in [1.165, 1.54) is 0 Å². The summed E-state index contributed by atoms with van der Waals surface area (Å²) in [4.78, 5) is 17.4. The van der Waals surface area contributed by atoms with E-state index in [1.807, 2.05) is 60.3 Å². The number of hydrogen-bond acceptors (Lipinski definition) is 3. The standard InChI is InChI=1S/C24H20ClN3O2/c1-28-16-15-26-23(28)22(17-7-11-19(25)12-8-17)27-24(29)18-9-13-21(14-10-18)30-20-5-3-2-4-6-20/h2-16,22H,1H3,(H,27,29). The van der Waals surface area contributed by atoms with Gasteiger partial charge in [-0.25, -0.2) is 4.98 Å². The molecule has 3 aromatic carbocycles. The molecule has 6 heteroatoms. The summed E-state index contributed by atoms with van der Waals surface area (Å²) in [6, 6.07) is 23.5. The van der Waals surface area contributed by atoms with E-state index < -0.39 is 6.04 Å². The molecule has 1 atom stereocenters. The summed E-state index contributed by atoms with van der Waals surface area (Å²) in [5.74, 6) is 1.93. The summed E-state index contributed by atoms with van der Waals surface area (Å²) in [6.07, 6.45) is 3.56. The molecule has 0 radical (unpaired) electrons. The predicted octanol–water partition coefficient (Wildman–Crippen LogP) is 5.39. The van der Waals surface area contributed by atoms with Gasteiger partial charge in [0, 0.05) is 30.0 Å². The summed E-state index contributed by atoms with van der Waals surface area (Å²) in [6.45, 7) is 0. The molecule has 0 spiro atoms. The molecule has 30 heavy (non-hydrogen) atoms. The predicted molar refractivity (Wildman–Crippen MR) is 117 cm³/mol. The Balaban J connectivity index is 1.54. The smallest absolute Gasteiger partial charge is 0.252 e. The molecule has 1 heterocycles. The molecule has 0 aliphatic rings. The summed E-state index contributed by atoms with van der Waals surface area (Å²) in [7, 11) is 1.90. The van der Waals surface area contributed by atoms with Gasteiger partial charge in [-0.3, -0.25) is 4.79 Å². The number of aryl methyl sites for hydroxylation is 1. The molecule has 1 aromatic heterocycles. The van der Waals surface area contributed by atoms with Crippen molar-refractivity contribution >= 4 is 17.5 Å². The number of carbonyl (C=O) groups excluding carboxylic acids is 1. The van der Waals surface area contributed by atoms with Crippen LogP contribution in [-0.2, 0) is 7.05 Å². The van der Waals surface area contributed by atoms with Gasteiger partial charge in [-0.05, 0) is 54.1 Å². The number of amides is 1. The number of benzene rings is 3. The van der Waals surface area contributed by atoms with Crippen LogP contribution in [0, 0.1) is 0 Å². The van der Waals surface area contributed by atoms with Crippen molar-refractivity contribution in [3.63, 3.8) is 0 Å². The topological polar surface area (TPSA) is 56.2 Å². The maximum absolute atomic E-state index is 13.0. The maximum Gasteiger partial charge on any atom is 0.252 e. The van der Waals surface area contributed by atoms with Crippen molar-refractivity contribution in [1.82, 2.24) is 14.9 Å². The van der Waals surface area contributed by atoms with Gasteiger partial charge < -0.3 is 14.6 Å². The SMILES string of the molecule is Cn1ccnc1C(NC(=O)c1ccc(Oc2ccccc2)cc1)c1ccc(Cl)cc1. The van der Waals surface area contributed by atoms with Crippen LogP contribution >= 0.6 is 11.6 Å². The van der Waals surface area contributed by atoms with Crippen LogP contribution < -0.4 is 10.1 Å². The van der Waals surface area contributed by atoms with E-state index in [0.717, 1.165) is 17.1 Å². The lowest BCUT2D eigenvalue weighted by atomic mass is 10.1. The highest BCUT2D eigenvalue weighted by Gasteiger charge is 2.21. The third kappa shape index (κ3) is 4.53. The van der Waals surface area contributed by atoms with Crippen molar-refractivity contribution in [1.29, 1.82) is 0 Å². The molecule has 150 valence electrons. The number of aromatic nitrogens is 2. The van der Waals surface area contributed by atoms with Gasteiger partial charge in [0.1, 0.15) is 23.4 Å². The molecule has 0 fully saturated rings. The van der Waals surface area contributed by atoms with Gasteiger partial charge in [0.15, 0.2) is 0 Å². The average molecular weight is 418 g/mol. The summed E-state index contributed by atoms with van der Waals surface area (Å²) >= 11 is 6.03. The molecule has 0 bridgehead atoms. The highest BCUT2D eigenvalue weighted by molar-refractivity contribution is 6.30. The Kier molecular flexibility index (Phi) is 5.82. The van der Waals surface area contributed by atoms with Crippen molar-refractivity contribution in [2.45, 2.75) is 6.04 Å². The first-order valence-corrected chi connectivity index (χ1v) is 9.84. The number of hydrogen-bond donors (Lipinski definition) is 1. The Morgan fingerprint density at radius 3 is 2.27 bits per heavy atom. The second kappa shape index (κ2) is 8.84. The van der Waals surface area contributed by atoms with Crippen LogP contribution in [0.25, 0.3) is 0 Å². The fraction of sp³-hybridized carbons (Fsp3) is 0.0833. The van der Waals surface area contributed by atoms with Crippen LogP contribution in [0.1, 0.15) is 27.8 Å². The van der Waals surface area contributed by atoms with Crippen LogP contribution in [0.15, 0.2) is 91.3 Å². The van der Waals surface area contributed by atoms with E-state index in [0.29, 0.717) is 16.3 Å². The number of imidazole rings is 1. The first-order chi connectivity index (χ1) is 14.6. The molecule has 0 aliphatic heterocycles. The van der Waals surface area contributed by atoms with Gasteiger partial charge >= 0.3 is 0 Å². The van der Waals surface area contributed by atoms with Crippen LogP contribution in [0.2, 0.25) is 5.02 Å². The van der Waals surface area contributed by atoms with Crippen molar-refractivity contribution in [2.75, 3.05) is 0 Å². The fourth-order valence-corrected chi connectivity index (χ4v) is 3.25. The van der Waals surface area contributed by atoms with E-state index in [4.69, 9.17) is 16.3 Å². The minimum absolute atomic E-state index is 0.204. The largest absolute Gasteiger partial charge is 0.457 e. The third-order valence-corrected chi connectivity index (χ3v) is 4.94. The summed E-state index contributed by atoms with van der Waals surface area (Å²) < 4.78 is 7.68. The molecule has 1 amide bonds. The lowest BCUT2D eigenvalue weighted by Gasteiger charge is -2.19. The zero-order valence-corrected chi connectivity index (χ0v) is 17.1. The quantitative estimate of drug-likeness (QED) is 0.458. The van der Waals surface area contributed by atoms with Crippen LogP contribution in [0.3, 0.4) is 0 Å². The molecule has 1 N–H and O–H groups in total. The van der Waals surface area contributed by atoms with Crippen molar-refractivity contribution in [3.8, 4) is 11.5 Å².